The SMILES string of the molecule is C[C@H](NC(=O)c1ccccc1SCC(=O)Nc1cccc(C#N)c1)c1cccs1. The Hall–Kier alpha value is -3.08. The molecule has 2 amide bonds. The Morgan fingerprint density at radius 1 is 1.14 bits per heavy atom. The zero-order valence-electron chi connectivity index (χ0n) is 15.7. The Balaban J connectivity index is 1.62. The molecule has 7 heteroatoms. The second-order valence-electron chi connectivity index (χ2n) is 6.24. The maximum Gasteiger partial charge on any atom is 0.252 e. The van der Waals surface area contributed by atoms with Gasteiger partial charge in [0.1, 0.15) is 0 Å². The van der Waals surface area contributed by atoms with E-state index in [1.165, 1.54) is 11.8 Å². The standard InChI is InChI=1S/C22H19N3O2S2/c1-15(19-10-5-11-28-19)24-22(27)18-8-2-3-9-20(18)29-14-21(26)25-17-7-4-6-16(12-17)13-23/h2-12,15H,14H2,1H3,(H,24,27)(H,25,26)/t15-/m0/s1. The van der Waals surface area contributed by atoms with Gasteiger partial charge in [0.05, 0.1) is 29.0 Å². The highest BCUT2D eigenvalue weighted by atomic mass is 32.2. The molecule has 0 spiro atoms. The van der Waals surface area contributed by atoms with E-state index in [-0.39, 0.29) is 23.6 Å². The fourth-order valence-corrected chi connectivity index (χ4v) is 4.25. The largest absolute Gasteiger partial charge is 0.345 e. The predicted octanol–water partition coefficient (Wildman–Crippen LogP) is 4.84. The highest BCUT2D eigenvalue weighted by Gasteiger charge is 2.16. The number of rotatable bonds is 7. The van der Waals surface area contributed by atoms with E-state index in [0.717, 1.165) is 9.77 Å². The lowest BCUT2D eigenvalue weighted by molar-refractivity contribution is -0.113. The molecule has 3 rings (SSSR count). The van der Waals surface area contributed by atoms with Gasteiger partial charge in [-0.15, -0.1) is 23.1 Å². The van der Waals surface area contributed by atoms with Crippen molar-refractivity contribution in [1.82, 2.24) is 5.32 Å². The monoisotopic (exact) mass is 421 g/mol. The normalized spacial score (nSPS) is 11.3. The molecule has 1 atom stereocenters. The molecule has 1 heterocycles. The van der Waals surface area contributed by atoms with Crippen molar-refractivity contribution in [3.05, 3.63) is 82.0 Å². The molecule has 0 aliphatic heterocycles. The van der Waals surface area contributed by atoms with Gasteiger partial charge >= 0.3 is 0 Å². The van der Waals surface area contributed by atoms with E-state index in [1.54, 1.807) is 41.7 Å². The van der Waals surface area contributed by atoms with Gasteiger partial charge in [-0.05, 0) is 48.7 Å². The molecule has 0 bridgehead atoms. The van der Waals surface area contributed by atoms with Crippen molar-refractivity contribution in [3.63, 3.8) is 0 Å². The first-order chi connectivity index (χ1) is 14.1. The summed E-state index contributed by atoms with van der Waals surface area (Å²) in [5.74, 6) is -0.218. The van der Waals surface area contributed by atoms with Crippen LogP contribution in [0.15, 0.2) is 70.9 Å². The lowest BCUT2D eigenvalue weighted by atomic mass is 10.2. The maximum atomic E-state index is 12.7. The molecule has 2 aromatic carbocycles. The third-order valence-electron chi connectivity index (χ3n) is 4.08. The van der Waals surface area contributed by atoms with Crippen molar-refractivity contribution in [3.8, 4) is 6.07 Å². The molecule has 0 fully saturated rings. The van der Waals surface area contributed by atoms with Gasteiger partial charge < -0.3 is 10.6 Å². The molecule has 3 aromatic rings. The molecule has 5 nitrogen and oxygen atoms in total. The minimum Gasteiger partial charge on any atom is -0.345 e. The van der Waals surface area contributed by atoms with Crippen molar-refractivity contribution < 1.29 is 9.59 Å². The first-order valence-corrected chi connectivity index (χ1v) is 10.8. The number of carbonyl (C=O) groups is 2. The van der Waals surface area contributed by atoms with Crippen molar-refractivity contribution in [2.75, 3.05) is 11.1 Å². The number of thioether (sulfide) groups is 1. The topological polar surface area (TPSA) is 82.0 Å². The molecular weight excluding hydrogens is 402 g/mol. The lowest BCUT2D eigenvalue weighted by Gasteiger charge is -2.14. The minimum absolute atomic E-state index is 0.0868. The van der Waals surface area contributed by atoms with Gasteiger partial charge in [0.25, 0.3) is 5.91 Å². The van der Waals surface area contributed by atoms with Crippen molar-refractivity contribution in [1.29, 1.82) is 5.26 Å². The minimum atomic E-state index is -0.202. The van der Waals surface area contributed by atoms with E-state index in [9.17, 15) is 9.59 Å². The van der Waals surface area contributed by atoms with Crippen molar-refractivity contribution in [2.45, 2.75) is 17.9 Å². The second kappa shape index (κ2) is 9.92. The van der Waals surface area contributed by atoms with Crippen LogP contribution in [0.2, 0.25) is 0 Å². The summed E-state index contributed by atoms with van der Waals surface area (Å²) in [6.45, 7) is 1.95. The Kier molecular flexibility index (Phi) is 7.06. The van der Waals surface area contributed by atoms with E-state index in [4.69, 9.17) is 5.26 Å². The number of hydrogen-bond acceptors (Lipinski definition) is 5. The summed E-state index contributed by atoms with van der Waals surface area (Å²) in [7, 11) is 0. The first-order valence-electron chi connectivity index (χ1n) is 8.93. The zero-order valence-corrected chi connectivity index (χ0v) is 17.3. The number of benzene rings is 2. The van der Waals surface area contributed by atoms with Crippen LogP contribution in [0.4, 0.5) is 5.69 Å². The number of nitriles is 1. The third kappa shape index (κ3) is 5.70. The molecule has 146 valence electrons. The van der Waals surface area contributed by atoms with Gasteiger partial charge in [-0.3, -0.25) is 9.59 Å². The summed E-state index contributed by atoms with van der Waals surface area (Å²) >= 11 is 2.90. The first kappa shape index (κ1) is 20.6. The van der Waals surface area contributed by atoms with Crippen LogP contribution >= 0.6 is 23.1 Å². The molecule has 0 saturated carbocycles. The summed E-state index contributed by atoms with van der Waals surface area (Å²) in [5.41, 5.74) is 1.60. The van der Waals surface area contributed by atoms with Crippen LogP contribution in [0.5, 0.6) is 0 Å². The molecule has 0 saturated heterocycles. The van der Waals surface area contributed by atoms with Gasteiger partial charge in [-0.25, -0.2) is 0 Å². The predicted molar refractivity (Wildman–Crippen MR) is 117 cm³/mol. The fourth-order valence-electron chi connectivity index (χ4n) is 2.67. The van der Waals surface area contributed by atoms with Gasteiger partial charge in [0.15, 0.2) is 0 Å². The smallest absolute Gasteiger partial charge is 0.252 e. The van der Waals surface area contributed by atoms with Gasteiger partial charge in [0, 0.05) is 15.5 Å². The van der Waals surface area contributed by atoms with Gasteiger partial charge in [0.2, 0.25) is 5.91 Å². The lowest BCUT2D eigenvalue weighted by Crippen LogP contribution is -2.26. The molecule has 2 N–H and O–H groups in total. The van der Waals surface area contributed by atoms with E-state index in [1.807, 2.05) is 48.7 Å². The van der Waals surface area contributed by atoms with E-state index < -0.39 is 0 Å². The Morgan fingerprint density at radius 3 is 2.72 bits per heavy atom. The highest BCUT2D eigenvalue weighted by molar-refractivity contribution is 8.00. The fraction of sp³-hybridized carbons (Fsp3) is 0.136. The van der Waals surface area contributed by atoms with Gasteiger partial charge in [-0.1, -0.05) is 24.3 Å². The second-order valence-corrected chi connectivity index (χ2v) is 8.23. The Bertz CT molecular complexity index is 1040. The number of carbonyl (C=O) groups excluding carboxylic acids is 2. The van der Waals surface area contributed by atoms with Crippen LogP contribution < -0.4 is 10.6 Å². The van der Waals surface area contributed by atoms with E-state index >= 15 is 0 Å². The molecule has 0 radical (unpaired) electrons. The summed E-state index contributed by atoms with van der Waals surface area (Å²) in [4.78, 5) is 26.8. The van der Waals surface area contributed by atoms with E-state index in [2.05, 4.69) is 10.6 Å². The average Bonchev–Trinajstić information content (AvgIpc) is 3.27. The Labute approximate surface area is 177 Å². The maximum absolute atomic E-state index is 12.7. The number of nitrogens with one attached hydrogen (secondary N) is 2. The summed E-state index contributed by atoms with van der Waals surface area (Å²) in [5, 5.41) is 16.7. The van der Waals surface area contributed by atoms with Crippen molar-refractivity contribution in [2.24, 2.45) is 0 Å². The number of anilines is 1. The summed E-state index contributed by atoms with van der Waals surface area (Å²) < 4.78 is 0. The van der Waals surface area contributed by atoms with E-state index in [0.29, 0.717) is 16.8 Å². The quantitative estimate of drug-likeness (QED) is 0.535. The van der Waals surface area contributed by atoms with Crippen LogP contribution in [0.25, 0.3) is 0 Å². The average molecular weight is 422 g/mol. The molecule has 29 heavy (non-hydrogen) atoms. The molecule has 0 aliphatic carbocycles. The van der Waals surface area contributed by atoms with Crippen LogP contribution in [0.3, 0.4) is 0 Å². The van der Waals surface area contributed by atoms with Crippen LogP contribution in [0, 0.1) is 11.3 Å². The Morgan fingerprint density at radius 2 is 1.97 bits per heavy atom. The molecule has 1 aromatic heterocycles. The summed E-state index contributed by atoms with van der Waals surface area (Å²) in [6.07, 6.45) is 0. The molecule has 0 unspecified atom stereocenters. The molecular formula is C22H19N3O2S2. The number of hydrogen-bond donors (Lipinski definition) is 2. The van der Waals surface area contributed by atoms with Crippen LogP contribution in [-0.2, 0) is 4.79 Å². The van der Waals surface area contributed by atoms with Crippen LogP contribution in [-0.4, -0.2) is 17.6 Å². The number of thiophene rings is 1. The number of nitrogens with zero attached hydrogens (tertiary/aromatic N) is 1. The zero-order chi connectivity index (χ0) is 20.6. The van der Waals surface area contributed by atoms with Crippen molar-refractivity contribution >= 4 is 40.6 Å². The third-order valence-corrected chi connectivity index (χ3v) is 6.21. The number of amides is 2. The van der Waals surface area contributed by atoms with Gasteiger partial charge in [-0.2, -0.15) is 5.26 Å². The summed E-state index contributed by atoms with van der Waals surface area (Å²) in [6, 6.07) is 19.9. The van der Waals surface area contributed by atoms with Crippen LogP contribution in [0.1, 0.15) is 33.8 Å². The highest BCUT2D eigenvalue weighted by Crippen LogP contribution is 2.25. The molecule has 0 aliphatic rings.